The van der Waals surface area contributed by atoms with Crippen LogP contribution in [0, 0.1) is 25.2 Å². The first-order valence-electron chi connectivity index (χ1n) is 15.6. The minimum absolute atomic E-state index is 0.288. The molecule has 1 aliphatic heterocycles. The van der Waals surface area contributed by atoms with Crippen LogP contribution >= 0.6 is 11.6 Å². The third-order valence-electron chi connectivity index (χ3n) is 8.30. The van der Waals surface area contributed by atoms with E-state index >= 15 is 0 Å². The molecule has 0 aliphatic carbocycles. The molecule has 2 heterocycles. The van der Waals surface area contributed by atoms with Crippen molar-refractivity contribution in [3.8, 4) is 34.4 Å². The molecular weight excluding hydrogens is 584 g/mol. The van der Waals surface area contributed by atoms with Crippen LogP contribution in [-0.4, -0.2) is 49.2 Å². The third-order valence-corrected chi connectivity index (χ3v) is 8.60. The highest BCUT2D eigenvalue weighted by Gasteiger charge is 2.15. The predicted molar refractivity (Wildman–Crippen MR) is 179 cm³/mol. The van der Waals surface area contributed by atoms with E-state index in [1.165, 1.54) is 6.20 Å². The van der Waals surface area contributed by atoms with Gasteiger partial charge in [-0.15, -0.1) is 0 Å². The molecule has 0 unspecified atom stereocenters. The molecule has 0 saturated carbocycles. The van der Waals surface area contributed by atoms with E-state index in [-0.39, 0.29) is 6.61 Å². The van der Waals surface area contributed by atoms with E-state index in [1.807, 2.05) is 12.1 Å². The average Bonchev–Trinajstić information content (AvgIpc) is 3.07. The molecule has 3 aromatic carbocycles. The number of hydrogen-bond acceptors (Lipinski definition) is 7. The number of nitrogens with one attached hydrogen (secondary N) is 1. The lowest BCUT2D eigenvalue weighted by atomic mass is 9.93. The number of piperazine rings is 1. The van der Waals surface area contributed by atoms with Gasteiger partial charge in [0.2, 0.25) is 0 Å². The first kappa shape index (κ1) is 32.3. The number of benzene rings is 3. The van der Waals surface area contributed by atoms with Crippen molar-refractivity contribution in [2.24, 2.45) is 0 Å². The van der Waals surface area contributed by atoms with Gasteiger partial charge in [-0.2, -0.15) is 5.26 Å². The summed E-state index contributed by atoms with van der Waals surface area (Å²) < 4.78 is 18.7. The maximum Gasteiger partial charge on any atom is 0.142 e. The molecule has 5 rings (SSSR count). The highest BCUT2D eigenvalue weighted by Crippen LogP contribution is 2.36. The topological polar surface area (TPSA) is 79.6 Å². The molecule has 234 valence electrons. The van der Waals surface area contributed by atoms with Crippen LogP contribution in [0.4, 0.5) is 0 Å². The number of ether oxygens (including phenoxy) is 3. The molecule has 1 aliphatic rings. The maximum absolute atomic E-state index is 9.18. The zero-order chi connectivity index (χ0) is 31.6. The number of aromatic nitrogens is 1. The van der Waals surface area contributed by atoms with E-state index in [9.17, 15) is 5.26 Å². The van der Waals surface area contributed by atoms with Crippen molar-refractivity contribution in [2.75, 3.05) is 39.3 Å². The maximum atomic E-state index is 9.18. The zero-order valence-electron chi connectivity index (χ0n) is 26.4. The third kappa shape index (κ3) is 8.34. The van der Waals surface area contributed by atoms with E-state index in [2.05, 4.69) is 78.4 Å². The highest BCUT2D eigenvalue weighted by molar-refractivity contribution is 6.32. The Bertz CT molecular complexity index is 1650. The number of pyridine rings is 1. The van der Waals surface area contributed by atoms with Crippen molar-refractivity contribution in [1.29, 1.82) is 5.26 Å². The van der Waals surface area contributed by atoms with Gasteiger partial charge >= 0.3 is 0 Å². The molecule has 4 aromatic rings. The van der Waals surface area contributed by atoms with E-state index < -0.39 is 0 Å². The fourth-order valence-electron chi connectivity index (χ4n) is 5.64. The lowest BCUT2D eigenvalue weighted by Crippen LogP contribution is -2.43. The van der Waals surface area contributed by atoms with Gasteiger partial charge in [-0.05, 0) is 78.3 Å². The number of halogens is 1. The van der Waals surface area contributed by atoms with Crippen molar-refractivity contribution in [2.45, 2.75) is 46.8 Å². The van der Waals surface area contributed by atoms with E-state index in [0.717, 1.165) is 90.3 Å². The fourth-order valence-corrected chi connectivity index (χ4v) is 5.88. The van der Waals surface area contributed by atoms with Crippen LogP contribution in [0.25, 0.3) is 11.1 Å². The predicted octanol–water partition coefficient (Wildman–Crippen LogP) is 7.29. The first-order chi connectivity index (χ1) is 22.0. The van der Waals surface area contributed by atoms with Gasteiger partial charge in [0.1, 0.15) is 36.5 Å². The van der Waals surface area contributed by atoms with E-state index in [1.54, 1.807) is 12.3 Å². The van der Waals surface area contributed by atoms with Crippen molar-refractivity contribution in [1.82, 2.24) is 15.2 Å². The summed E-state index contributed by atoms with van der Waals surface area (Å²) in [6, 6.07) is 20.2. The standard InChI is InChI=1S/C37H41ClN4O3/c1-4-30-19-34(38)37(20-36(30)44-24-29-18-28(21-39)22-41-23-29)45-25-31-8-5-9-32(26(31)2)33-10-6-11-35(27(33)3)43-17-7-14-42-15-12-40-13-16-42/h5-6,8-11,18-20,22-23,40H,4,7,12-17,24-25H2,1-3H3. The second kappa shape index (κ2) is 15.8. The second-order valence-electron chi connectivity index (χ2n) is 11.3. The smallest absolute Gasteiger partial charge is 0.142 e. The van der Waals surface area contributed by atoms with Gasteiger partial charge < -0.3 is 24.4 Å². The van der Waals surface area contributed by atoms with Crippen LogP contribution in [0.15, 0.2) is 67.0 Å². The van der Waals surface area contributed by atoms with Crippen molar-refractivity contribution >= 4 is 11.6 Å². The summed E-state index contributed by atoms with van der Waals surface area (Å²) in [5.74, 6) is 2.19. The van der Waals surface area contributed by atoms with E-state index in [4.69, 9.17) is 25.8 Å². The second-order valence-corrected chi connectivity index (χ2v) is 11.7. The van der Waals surface area contributed by atoms with E-state index in [0.29, 0.717) is 35.3 Å². The summed E-state index contributed by atoms with van der Waals surface area (Å²) in [6.07, 6.45) is 5.00. The Hall–Kier alpha value is -4.09. The zero-order valence-corrected chi connectivity index (χ0v) is 27.1. The van der Waals surface area contributed by atoms with Gasteiger partial charge in [-0.25, -0.2) is 0 Å². The van der Waals surface area contributed by atoms with Crippen LogP contribution in [0.2, 0.25) is 5.02 Å². The van der Waals surface area contributed by atoms with Gasteiger partial charge in [0, 0.05) is 56.7 Å². The number of nitriles is 1. The fraction of sp³-hybridized carbons (Fsp3) is 0.351. The van der Waals surface area contributed by atoms with Crippen LogP contribution < -0.4 is 19.5 Å². The van der Waals surface area contributed by atoms with Crippen molar-refractivity contribution in [3.63, 3.8) is 0 Å². The molecule has 0 bridgehead atoms. The largest absolute Gasteiger partial charge is 0.493 e. The minimum atomic E-state index is 0.288. The normalized spacial score (nSPS) is 13.3. The molecule has 8 heteroatoms. The molecule has 1 saturated heterocycles. The Morgan fingerprint density at radius 3 is 2.40 bits per heavy atom. The van der Waals surface area contributed by atoms with Gasteiger partial charge in [0.15, 0.2) is 0 Å². The van der Waals surface area contributed by atoms with Gasteiger partial charge in [-0.3, -0.25) is 4.98 Å². The number of rotatable bonds is 13. The van der Waals surface area contributed by atoms with Crippen LogP contribution in [0.1, 0.15) is 46.7 Å². The van der Waals surface area contributed by atoms with Crippen LogP contribution in [-0.2, 0) is 19.6 Å². The first-order valence-corrected chi connectivity index (χ1v) is 16.0. The van der Waals surface area contributed by atoms with Crippen LogP contribution in [0.3, 0.4) is 0 Å². The van der Waals surface area contributed by atoms with Crippen molar-refractivity contribution < 1.29 is 14.2 Å². The number of aryl methyl sites for hydroxylation is 1. The lowest BCUT2D eigenvalue weighted by Gasteiger charge is -2.27. The Balaban J connectivity index is 1.26. The molecule has 0 spiro atoms. The Kier molecular flexibility index (Phi) is 11.3. The molecule has 0 radical (unpaired) electrons. The monoisotopic (exact) mass is 624 g/mol. The van der Waals surface area contributed by atoms with Crippen LogP contribution in [0.5, 0.6) is 17.2 Å². The summed E-state index contributed by atoms with van der Waals surface area (Å²) in [6.45, 7) is 13.1. The molecular formula is C37H41ClN4O3. The number of hydrogen-bond donors (Lipinski definition) is 1. The summed E-state index contributed by atoms with van der Waals surface area (Å²) in [4.78, 5) is 6.62. The average molecular weight is 625 g/mol. The van der Waals surface area contributed by atoms with Gasteiger partial charge in [0.25, 0.3) is 0 Å². The Morgan fingerprint density at radius 2 is 1.62 bits per heavy atom. The van der Waals surface area contributed by atoms with Crippen molar-refractivity contribution in [3.05, 3.63) is 105 Å². The summed E-state index contributed by atoms with van der Waals surface area (Å²) in [7, 11) is 0. The molecule has 1 fully saturated rings. The number of nitrogens with zero attached hydrogens (tertiary/aromatic N) is 3. The molecule has 1 aromatic heterocycles. The highest BCUT2D eigenvalue weighted by atomic mass is 35.5. The molecule has 0 amide bonds. The molecule has 7 nitrogen and oxygen atoms in total. The van der Waals surface area contributed by atoms with Gasteiger partial charge in [0.05, 0.1) is 17.2 Å². The lowest BCUT2D eigenvalue weighted by molar-refractivity contribution is 0.213. The summed E-state index contributed by atoms with van der Waals surface area (Å²) in [5.41, 5.74) is 7.98. The quantitative estimate of drug-likeness (QED) is 0.157. The molecule has 0 atom stereocenters. The Morgan fingerprint density at radius 1 is 0.867 bits per heavy atom. The summed E-state index contributed by atoms with van der Waals surface area (Å²) >= 11 is 6.66. The molecule has 45 heavy (non-hydrogen) atoms. The molecule has 1 N–H and O–H groups in total. The SMILES string of the molecule is CCc1cc(Cl)c(OCc2cccc(-c3cccc(OCCCN4CCNCC4)c3C)c2C)cc1OCc1cncc(C#N)c1. The summed E-state index contributed by atoms with van der Waals surface area (Å²) in [5, 5.41) is 13.1. The Labute approximate surface area is 271 Å². The van der Waals surface area contributed by atoms with Gasteiger partial charge in [-0.1, -0.05) is 48.9 Å². The minimum Gasteiger partial charge on any atom is -0.493 e.